The third kappa shape index (κ3) is 2.66. The molecule has 2 aromatic rings. The minimum absolute atomic E-state index is 0.00597. The Bertz CT molecular complexity index is 709. The van der Waals surface area contributed by atoms with E-state index in [-0.39, 0.29) is 5.69 Å². The van der Waals surface area contributed by atoms with Gasteiger partial charge in [0.2, 0.25) is 0 Å². The second-order valence-corrected chi connectivity index (χ2v) is 4.36. The molecule has 1 amide bonds. The number of hydrogen-bond donors (Lipinski definition) is 2. The molecule has 20 heavy (non-hydrogen) atoms. The van der Waals surface area contributed by atoms with E-state index in [1.807, 2.05) is 31.2 Å². The van der Waals surface area contributed by atoms with Gasteiger partial charge in [0.25, 0.3) is 0 Å². The second-order valence-electron chi connectivity index (χ2n) is 4.36. The predicted molar refractivity (Wildman–Crippen MR) is 73.8 cm³/mol. The number of amides is 1. The fourth-order valence-corrected chi connectivity index (χ4v) is 1.70. The average Bonchev–Trinajstić information content (AvgIpc) is 2.72. The van der Waals surface area contributed by atoms with Crippen molar-refractivity contribution in [3.05, 3.63) is 51.4 Å². The molecule has 0 atom stereocenters. The van der Waals surface area contributed by atoms with Gasteiger partial charge < -0.3 is 5.32 Å². The lowest BCUT2D eigenvalue weighted by atomic mass is 10.2. The molecule has 0 saturated carbocycles. The van der Waals surface area contributed by atoms with Gasteiger partial charge in [0, 0.05) is 11.8 Å². The van der Waals surface area contributed by atoms with Crippen LogP contribution < -0.4 is 15.6 Å². The standard InChI is InChI=1S/C13H15N5O2/c1-9-4-6-10(7-5-9)8-15-18-13(20)11(12(19)14-2)17(3)16-18/h4-8H,1-3H3,(H-,14,16,19,20)/p+1/b15-8+. The Labute approximate surface area is 115 Å². The summed E-state index contributed by atoms with van der Waals surface area (Å²) in [6.07, 6.45) is 1.55. The van der Waals surface area contributed by atoms with Gasteiger partial charge in [-0.05, 0) is 12.5 Å². The molecular formula is C13H16N5O2+. The average molecular weight is 274 g/mol. The molecule has 1 aromatic heterocycles. The number of H-pyrrole nitrogens is 1. The summed E-state index contributed by atoms with van der Waals surface area (Å²) in [6, 6.07) is 7.70. The van der Waals surface area contributed by atoms with Crippen LogP contribution >= 0.6 is 0 Å². The first-order valence-corrected chi connectivity index (χ1v) is 6.07. The zero-order chi connectivity index (χ0) is 14.7. The van der Waals surface area contributed by atoms with E-state index < -0.39 is 11.5 Å². The third-order valence-corrected chi connectivity index (χ3v) is 2.82. The molecule has 0 bridgehead atoms. The maximum absolute atomic E-state index is 12.0. The van der Waals surface area contributed by atoms with E-state index in [0.29, 0.717) is 0 Å². The molecule has 1 aromatic carbocycles. The van der Waals surface area contributed by atoms with Gasteiger partial charge in [0.05, 0.1) is 6.21 Å². The fraction of sp³-hybridized carbons (Fsp3) is 0.231. The van der Waals surface area contributed by atoms with Gasteiger partial charge in [-0.15, -0.1) is 0 Å². The Balaban J connectivity index is 2.33. The van der Waals surface area contributed by atoms with Crippen LogP contribution in [0.15, 0.2) is 34.2 Å². The molecular weight excluding hydrogens is 258 g/mol. The van der Waals surface area contributed by atoms with E-state index in [9.17, 15) is 9.59 Å². The van der Waals surface area contributed by atoms with Crippen molar-refractivity contribution in [2.75, 3.05) is 7.05 Å². The quantitative estimate of drug-likeness (QED) is 0.587. The molecule has 0 unspecified atom stereocenters. The number of nitrogens with zero attached hydrogens (tertiary/aromatic N) is 3. The Hall–Kier alpha value is -2.70. The number of aromatic nitrogens is 3. The zero-order valence-electron chi connectivity index (χ0n) is 11.5. The van der Waals surface area contributed by atoms with Crippen molar-refractivity contribution in [2.24, 2.45) is 12.1 Å². The number of rotatable bonds is 3. The Morgan fingerprint density at radius 1 is 1.40 bits per heavy atom. The lowest BCUT2D eigenvalue weighted by molar-refractivity contribution is -0.734. The lowest BCUT2D eigenvalue weighted by Crippen LogP contribution is -2.42. The molecule has 0 fully saturated rings. The van der Waals surface area contributed by atoms with Crippen LogP contribution in [-0.2, 0) is 7.05 Å². The smallest absolute Gasteiger partial charge is 0.352 e. The van der Waals surface area contributed by atoms with Crippen molar-refractivity contribution in [1.29, 1.82) is 0 Å². The van der Waals surface area contributed by atoms with Gasteiger partial charge in [0.1, 0.15) is 7.05 Å². The molecule has 0 aliphatic carbocycles. The van der Waals surface area contributed by atoms with Crippen LogP contribution in [0.3, 0.4) is 0 Å². The first-order valence-electron chi connectivity index (χ1n) is 6.07. The molecule has 104 valence electrons. The summed E-state index contributed by atoms with van der Waals surface area (Å²) in [5, 5.41) is 9.11. The highest BCUT2D eigenvalue weighted by Crippen LogP contribution is 2.00. The van der Waals surface area contributed by atoms with Crippen molar-refractivity contribution < 1.29 is 9.48 Å². The molecule has 7 nitrogen and oxygen atoms in total. The Kier molecular flexibility index (Phi) is 3.79. The summed E-state index contributed by atoms with van der Waals surface area (Å²) in [5.74, 6) is -0.460. The number of carbonyl (C=O) groups is 1. The normalized spacial score (nSPS) is 10.9. The first kappa shape index (κ1) is 13.7. The summed E-state index contributed by atoms with van der Waals surface area (Å²) < 4.78 is 1.33. The van der Waals surface area contributed by atoms with Crippen LogP contribution in [0.4, 0.5) is 0 Å². The first-order chi connectivity index (χ1) is 9.52. The van der Waals surface area contributed by atoms with Crippen molar-refractivity contribution >= 4 is 12.1 Å². The van der Waals surface area contributed by atoms with E-state index >= 15 is 0 Å². The number of aryl methyl sites for hydroxylation is 2. The Morgan fingerprint density at radius 3 is 2.65 bits per heavy atom. The van der Waals surface area contributed by atoms with Crippen LogP contribution in [0, 0.1) is 6.92 Å². The molecule has 2 rings (SSSR count). The minimum Gasteiger partial charge on any atom is -0.352 e. The lowest BCUT2D eigenvalue weighted by Gasteiger charge is -1.91. The zero-order valence-corrected chi connectivity index (χ0v) is 11.5. The highest BCUT2D eigenvalue weighted by atomic mass is 16.2. The summed E-state index contributed by atoms with van der Waals surface area (Å²) in [4.78, 5) is 24.6. The maximum atomic E-state index is 12.0. The van der Waals surface area contributed by atoms with Crippen LogP contribution in [0.1, 0.15) is 21.6 Å². The van der Waals surface area contributed by atoms with Gasteiger partial charge >= 0.3 is 17.2 Å². The van der Waals surface area contributed by atoms with E-state index in [1.54, 1.807) is 13.3 Å². The summed E-state index contributed by atoms with van der Waals surface area (Å²) >= 11 is 0. The van der Waals surface area contributed by atoms with Gasteiger partial charge in [-0.3, -0.25) is 4.79 Å². The number of nitrogens with one attached hydrogen (secondary N) is 2. The molecule has 2 N–H and O–H groups in total. The van der Waals surface area contributed by atoms with Crippen molar-refractivity contribution in [3.63, 3.8) is 0 Å². The SMILES string of the molecule is CNC(=O)c1c(=O)n(/N=C/c2ccc(C)cc2)[nH][n+]1C. The maximum Gasteiger partial charge on any atom is 0.432 e. The molecule has 0 radical (unpaired) electrons. The minimum atomic E-state index is -0.504. The molecule has 0 spiro atoms. The highest BCUT2D eigenvalue weighted by Gasteiger charge is 2.25. The van der Waals surface area contributed by atoms with Gasteiger partial charge in [-0.25, -0.2) is 4.79 Å². The van der Waals surface area contributed by atoms with E-state index in [4.69, 9.17) is 0 Å². The van der Waals surface area contributed by atoms with Crippen LogP contribution in [0.25, 0.3) is 0 Å². The number of aromatic amines is 1. The fourth-order valence-electron chi connectivity index (χ4n) is 1.70. The third-order valence-electron chi connectivity index (χ3n) is 2.82. The summed E-state index contributed by atoms with van der Waals surface area (Å²) in [7, 11) is 3.04. The molecule has 0 aliphatic rings. The van der Waals surface area contributed by atoms with Crippen molar-refractivity contribution in [3.8, 4) is 0 Å². The monoisotopic (exact) mass is 274 g/mol. The molecule has 0 aliphatic heterocycles. The van der Waals surface area contributed by atoms with Crippen molar-refractivity contribution in [1.82, 2.24) is 15.3 Å². The summed E-state index contributed by atoms with van der Waals surface area (Å²) in [6.45, 7) is 1.99. The van der Waals surface area contributed by atoms with Gasteiger partial charge in [-0.2, -0.15) is 4.68 Å². The molecule has 0 saturated heterocycles. The number of hydrogen-bond acceptors (Lipinski definition) is 3. The largest absolute Gasteiger partial charge is 0.432 e. The van der Waals surface area contributed by atoms with E-state index in [1.165, 1.54) is 11.7 Å². The van der Waals surface area contributed by atoms with E-state index in [0.717, 1.165) is 15.9 Å². The van der Waals surface area contributed by atoms with Gasteiger partial charge in [0.15, 0.2) is 0 Å². The van der Waals surface area contributed by atoms with Crippen LogP contribution in [0.5, 0.6) is 0 Å². The van der Waals surface area contributed by atoms with Gasteiger partial charge in [-0.1, -0.05) is 40.1 Å². The van der Waals surface area contributed by atoms with E-state index in [2.05, 4.69) is 15.6 Å². The van der Waals surface area contributed by atoms with Crippen LogP contribution in [-0.4, -0.2) is 29.2 Å². The van der Waals surface area contributed by atoms with Crippen LogP contribution in [0.2, 0.25) is 0 Å². The predicted octanol–water partition coefficient (Wildman–Crippen LogP) is -0.449. The highest BCUT2D eigenvalue weighted by molar-refractivity contribution is 5.90. The molecule has 7 heteroatoms. The summed E-state index contributed by atoms with van der Waals surface area (Å²) in [5.41, 5.74) is 1.50. The number of carbonyl (C=O) groups excluding carboxylic acids is 1. The number of benzene rings is 1. The topological polar surface area (TPSA) is 83.1 Å². The second kappa shape index (κ2) is 5.52. The Morgan fingerprint density at radius 2 is 2.05 bits per heavy atom. The molecule has 1 heterocycles. The van der Waals surface area contributed by atoms with Crippen molar-refractivity contribution in [2.45, 2.75) is 6.92 Å².